The number of hydrogen-bond acceptors (Lipinski definition) is 3. The van der Waals surface area contributed by atoms with Gasteiger partial charge in [-0.2, -0.15) is 0 Å². The lowest BCUT2D eigenvalue weighted by molar-refractivity contribution is 0.257. The van der Waals surface area contributed by atoms with Crippen LogP contribution in [-0.2, 0) is 0 Å². The number of nitrogens with one attached hydrogen (secondary N) is 1. The lowest BCUT2D eigenvalue weighted by Gasteiger charge is -2.21. The zero-order valence-electron chi connectivity index (χ0n) is 7.09. The van der Waals surface area contributed by atoms with E-state index >= 15 is 0 Å². The predicted octanol–water partition coefficient (Wildman–Crippen LogP) is 0.100. The van der Waals surface area contributed by atoms with Crippen LogP contribution in [0.3, 0.4) is 0 Å². The Kier molecular flexibility index (Phi) is 3.39. The Morgan fingerprint density at radius 2 is 2.55 bits per heavy atom. The predicted molar refractivity (Wildman–Crippen MR) is 47.0 cm³/mol. The average molecular weight is 155 g/mol. The summed E-state index contributed by atoms with van der Waals surface area (Å²) in [5.41, 5.74) is 5.26. The maximum Gasteiger partial charge on any atom is 0.0484 e. The number of hydrogen-bond donors (Lipinski definition) is 2. The van der Waals surface area contributed by atoms with Gasteiger partial charge in [-0.25, -0.2) is 0 Å². The Morgan fingerprint density at radius 1 is 1.73 bits per heavy atom. The zero-order chi connectivity index (χ0) is 8.10. The fraction of sp³-hybridized carbons (Fsp3) is 0.750. The average Bonchev–Trinajstić information content (AvgIpc) is 2.52. The maximum absolute atomic E-state index is 5.26. The van der Waals surface area contributed by atoms with E-state index in [0.717, 1.165) is 19.6 Å². The van der Waals surface area contributed by atoms with Crippen molar-refractivity contribution in [2.75, 3.05) is 19.8 Å². The van der Waals surface area contributed by atoms with Gasteiger partial charge in [-0.05, 0) is 19.5 Å². The third kappa shape index (κ3) is 2.52. The van der Waals surface area contributed by atoms with Crippen LogP contribution in [0.1, 0.15) is 13.3 Å². The molecule has 11 heavy (non-hydrogen) atoms. The standard InChI is InChI=1S/C8H17N3/c1-8(3-2-4-9)11-6-5-10-7-11/h2,4,8,10H,3,5-7,9H2,1H3/b4-2+. The van der Waals surface area contributed by atoms with Gasteiger partial charge in [0, 0.05) is 25.8 Å². The van der Waals surface area contributed by atoms with Gasteiger partial charge >= 0.3 is 0 Å². The molecule has 3 nitrogen and oxygen atoms in total. The molecule has 0 aromatic heterocycles. The van der Waals surface area contributed by atoms with E-state index in [1.54, 1.807) is 6.20 Å². The Balaban J connectivity index is 2.22. The molecule has 1 unspecified atom stereocenters. The summed E-state index contributed by atoms with van der Waals surface area (Å²) >= 11 is 0. The van der Waals surface area contributed by atoms with Crippen LogP contribution in [0.4, 0.5) is 0 Å². The molecule has 0 amide bonds. The minimum absolute atomic E-state index is 0.616. The Labute approximate surface area is 68.2 Å². The van der Waals surface area contributed by atoms with Crippen molar-refractivity contribution in [2.24, 2.45) is 5.73 Å². The zero-order valence-corrected chi connectivity index (χ0v) is 7.09. The number of nitrogens with zero attached hydrogens (tertiary/aromatic N) is 1. The van der Waals surface area contributed by atoms with Crippen molar-refractivity contribution in [1.29, 1.82) is 0 Å². The SMILES string of the molecule is CC(C/C=C/N)N1CCNC1. The molecule has 3 heteroatoms. The van der Waals surface area contributed by atoms with Gasteiger partial charge in [0.25, 0.3) is 0 Å². The normalized spacial score (nSPS) is 23.0. The summed E-state index contributed by atoms with van der Waals surface area (Å²) in [7, 11) is 0. The van der Waals surface area contributed by atoms with Gasteiger partial charge in [0.1, 0.15) is 0 Å². The van der Waals surface area contributed by atoms with Crippen LogP contribution in [0.25, 0.3) is 0 Å². The lowest BCUT2D eigenvalue weighted by Crippen LogP contribution is -2.31. The second-order valence-electron chi connectivity index (χ2n) is 2.98. The molecule has 0 aromatic carbocycles. The van der Waals surface area contributed by atoms with Crippen molar-refractivity contribution in [3.63, 3.8) is 0 Å². The first-order valence-corrected chi connectivity index (χ1v) is 4.16. The molecule has 1 aliphatic heterocycles. The highest BCUT2D eigenvalue weighted by atomic mass is 15.3. The fourth-order valence-corrected chi connectivity index (χ4v) is 1.33. The van der Waals surface area contributed by atoms with Crippen LogP contribution in [0.2, 0.25) is 0 Å². The van der Waals surface area contributed by atoms with Crippen molar-refractivity contribution in [3.8, 4) is 0 Å². The molecule has 1 heterocycles. The van der Waals surface area contributed by atoms with Crippen molar-refractivity contribution in [2.45, 2.75) is 19.4 Å². The minimum Gasteiger partial charge on any atom is -0.405 e. The van der Waals surface area contributed by atoms with Crippen molar-refractivity contribution >= 4 is 0 Å². The Bertz CT molecular complexity index is 127. The highest BCUT2D eigenvalue weighted by molar-refractivity contribution is 4.83. The van der Waals surface area contributed by atoms with Crippen LogP contribution in [0, 0.1) is 0 Å². The molecule has 1 rings (SSSR count). The first-order chi connectivity index (χ1) is 5.34. The molecule has 1 fully saturated rings. The molecule has 1 atom stereocenters. The molecule has 0 bridgehead atoms. The largest absolute Gasteiger partial charge is 0.405 e. The van der Waals surface area contributed by atoms with Crippen LogP contribution in [0.15, 0.2) is 12.3 Å². The fourth-order valence-electron chi connectivity index (χ4n) is 1.33. The van der Waals surface area contributed by atoms with E-state index in [4.69, 9.17) is 5.73 Å². The topological polar surface area (TPSA) is 41.3 Å². The molecule has 0 aromatic rings. The maximum atomic E-state index is 5.26. The molecule has 1 aliphatic rings. The molecule has 0 spiro atoms. The van der Waals surface area contributed by atoms with E-state index in [1.165, 1.54) is 6.54 Å². The summed E-state index contributed by atoms with van der Waals surface area (Å²) < 4.78 is 0. The molecule has 1 saturated heterocycles. The third-order valence-electron chi connectivity index (χ3n) is 2.13. The van der Waals surface area contributed by atoms with E-state index in [2.05, 4.69) is 17.1 Å². The van der Waals surface area contributed by atoms with Crippen LogP contribution in [0.5, 0.6) is 0 Å². The second kappa shape index (κ2) is 4.36. The summed E-state index contributed by atoms with van der Waals surface area (Å²) in [6.07, 6.45) is 4.70. The van der Waals surface area contributed by atoms with Gasteiger partial charge in [-0.1, -0.05) is 6.08 Å². The molecule has 64 valence electrons. The Hall–Kier alpha value is -0.540. The molecular weight excluding hydrogens is 138 g/mol. The van der Waals surface area contributed by atoms with E-state index in [0.29, 0.717) is 6.04 Å². The molecule has 0 aliphatic carbocycles. The van der Waals surface area contributed by atoms with E-state index < -0.39 is 0 Å². The smallest absolute Gasteiger partial charge is 0.0484 e. The summed E-state index contributed by atoms with van der Waals surface area (Å²) in [6.45, 7) is 5.54. The summed E-state index contributed by atoms with van der Waals surface area (Å²) in [4.78, 5) is 2.42. The summed E-state index contributed by atoms with van der Waals surface area (Å²) in [6, 6.07) is 0.616. The van der Waals surface area contributed by atoms with Gasteiger partial charge in [0.05, 0.1) is 0 Å². The van der Waals surface area contributed by atoms with Gasteiger partial charge in [-0.3, -0.25) is 4.90 Å². The second-order valence-corrected chi connectivity index (χ2v) is 2.98. The molecule has 0 saturated carbocycles. The lowest BCUT2D eigenvalue weighted by atomic mass is 10.2. The summed E-state index contributed by atoms with van der Waals surface area (Å²) in [5, 5.41) is 3.30. The van der Waals surface area contributed by atoms with Crippen LogP contribution in [-0.4, -0.2) is 30.7 Å². The highest BCUT2D eigenvalue weighted by Crippen LogP contribution is 2.05. The first-order valence-electron chi connectivity index (χ1n) is 4.16. The molecule has 3 N–H and O–H groups in total. The third-order valence-corrected chi connectivity index (χ3v) is 2.13. The Morgan fingerprint density at radius 3 is 3.09 bits per heavy atom. The van der Waals surface area contributed by atoms with Gasteiger partial charge in [0.15, 0.2) is 0 Å². The summed E-state index contributed by atoms with van der Waals surface area (Å²) in [5.74, 6) is 0. The van der Waals surface area contributed by atoms with E-state index in [-0.39, 0.29) is 0 Å². The molecular formula is C8H17N3. The first kappa shape index (κ1) is 8.56. The van der Waals surface area contributed by atoms with Crippen molar-refractivity contribution in [3.05, 3.63) is 12.3 Å². The highest BCUT2D eigenvalue weighted by Gasteiger charge is 2.15. The number of rotatable bonds is 3. The van der Waals surface area contributed by atoms with Crippen LogP contribution >= 0.6 is 0 Å². The van der Waals surface area contributed by atoms with E-state index in [1.807, 2.05) is 6.08 Å². The quantitative estimate of drug-likeness (QED) is 0.607. The van der Waals surface area contributed by atoms with Gasteiger partial charge < -0.3 is 11.1 Å². The van der Waals surface area contributed by atoms with E-state index in [9.17, 15) is 0 Å². The molecule has 0 radical (unpaired) electrons. The number of nitrogens with two attached hydrogens (primary N) is 1. The van der Waals surface area contributed by atoms with Gasteiger partial charge in [-0.15, -0.1) is 0 Å². The monoisotopic (exact) mass is 155 g/mol. The van der Waals surface area contributed by atoms with Gasteiger partial charge in [0.2, 0.25) is 0 Å². The minimum atomic E-state index is 0.616. The van der Waals surface area contributed by atoms with Crippen LogP contribution < -0.4 is 11.1 Å². The van der Waals surface area contributed by atoms with Crippen molar-refractivity contribution < 1.29 is 0 Å². The van der Waals surface area contributed by atoms with Crippen molar-refractivity contribution in [1.82, 2.24) is 10.2 Å².